The third-order valence-corrected chi connectivity index (χ3v) is 1.60. The van der Waals surface area contributed by atoms with Gasteiger partial charge in [0.15, 0.2) is 0 Å². The fourth-order valence-corrected chi connectivity index (χ4v) is 0.950. The van der Waals surface area contributed by atoms with Gasteiger partial charge < -0.3 is 4.84 Å². The molecule has 0 aliphatic heterocycles. The third-order valence-electron chi connectivity index (χ3n) is 1.60. The van der Waals surface area contributed by atoms with Gasteiger partial charge in [-0.15, -0.1) is 0 Å². The van der Waals surface area contributed by atoms with Gasteiger partial charge in [-0.25, -0.2) is 16.2 Å². The molecular weight excluding hydrogens is 184 g/mol. The highest BCUT2D eigenvalue weighted by atomic mass is 16.7. The summed E-state index contributed by atoms with van der Waals surface area (Å²) in [5.41, 5.74) is 9.70. The summed E-state index contributed by atoms with van der Waals surface area (Å²) in [5.74, 6) is 4.26. The molecule has 6 heteroatoms. The van der Waals surface area contributed by atoms with Crippen molar-refractivity contribution in [1.82, 2.24) is 5.59 Å². The van der Waals surface area contributed by atoms with Gasteiger partial charge in [0.25, 0.3) is 0 Å². The first-order valence-corrected chi connectivity index (χ1v) is 3.87. The van der Waals surface area contributed by atoms with E-state index in [9.17, 15) is 4.79 Å². The van der Waals surface area contributed by atoms with Crippen molar-refractivity contribution in [1.29, 1.82) is 5.53 Å². The molecule has 6 nitrogen and oxygen atoms in total. The van der Waals surface area contributed by atoms with Crippen LogP contribution < -0.4 is 11.4 Å². The largest absolute Gasteiger partial charge is 0.357 e. The van der Waals surface area contributed by atoms with E-state index in [2.05, 4.69) is 9.95 Å². The van der Waals surface area contributed by atoms with Crippen molar-refractivity contribution in [3.05, 3.63) is 35.4 Å². The van der Waals surface area contributed by atoms with Crippen LogP contribution in [0.25, 0.3) is 0 Å². The van der Waals surface area contributed by atoms with Gasteiger partial charge in [0.1, 0.15) is 0 Å². The van der Waals surface area contributed by atoms with Crippen molar-refractivity contribution in [3.8, 4) is 0 Å². The average Bonchev–Trinajstić information content (AvgIpc) is 2.20. The lowest BCUT2D eigenvalue weighted by molar-refractivity contribution is 0.0254. The number of nitrogens with two attached hydrogens (primary N) is 1. The molecule has 74 valence electrons. The molecule has 0 radical (unpaired) electrons. The first-order valence-electron chi connectivity index (χ1n) is 3.87. The van der Waals surface area contributed by atoms with Gasteiger partial charge in [0, 0.05) is 0 Å². The minimum Gasteiger partial charge on any atom is -0.351 e. The number of benzene rings is 1. The lowest BCUT2D eigenvalue weighted by Gasteiger charge is -2.01. The van der Waals surface area contributed by atoms with Crippen LogP contribution in [-0.2, 0) is 11.4 Å². The molecule has 0 amide bonds. The van der Waals surface area contributed by atoms with Crippen LogP contribution >= 0.6 is 0 Å². The maximum atomic E-state index is 11.1. The molecule has 0 unspecified atom stereocenters. The molecule has 0 saturated heterocycles. The molecule has 0 fully saturated rings. The Morgan fingerprint density at radius 3 is 2.64 bits per heavy atom. The van der Waals surface area contributed by atoms with E-state index in [1.54, 1.807) is 24.3 Å². The van der Waals surface area contributed by atoms with Gasteiger partial charge in [-0.3, -0.25) is 0 Å². The Morgan fingerprint density at radius 2 is 2.14 bits per heavy atom. The quantitative estimate of drug-likeness (QED) is 0.374. The topological polar surface area (TPSA) is 101 Å². The van der Waals surface area contributed by atoms with E-state index < -0.39 is 5.97 Å². The Balaban J connectivity index is 2.72. The first kappa shape index (κ1) is 10.3. The summed E-state index contributed by atoms with van der Waals surface area (Å²) in [4.78, 5) is 15.4. The van der Waals surface area contributed by atoms with Gasteiger partial charge >= 0.3 is 5.97 Å². The number of hydrogen-bond donors (Lipinski definition) is 3. The van der Waals surface area contributed by atoms with Gasteiger partial charge in [-0.05, 0) is 17.7 Å². The maximum absolute atomic E-state index is 11.1. The van der Waals surface area contributed by atoms with E-state index in [-0.39, 0.29) is 0 Å². The van der Waals surface area contributed by atoms with Crippen LogP contribution in [0.4, 0.5) is 0 Å². The highest BCUT2D eigenvalue weighted by Gasteiger charge is 2.05. The summed E-state index contributed by atoms with van der Waals surface area (Å²) in [6, 6.07) is 6.57. The van der Waals surface area contributed by atoms with Crippen LogP contribution in [0.15, 0.2) is 29.4 Å². The molecule has 0 aliphatic carbocycles. The van der Waals surface area contributed by atoms with Crippen LogP contribution in [0.1, 0.15) is 15.9 Å². The Labute approximate surface area is 80.5 Å². The molecule has 1 rings (SSSR count). The standard InChI is InChI=1S/C8H10N4O2/c9-11-5-6-1-3-7(4-2-6)8(13)14-12-10/h1-4,9,12H,5,10H2. The fraction of sp³-hybridized carbons (Fsp3) is 0.125. The van der Waals surface area contributed by atoms with E-state index in [1.807, 2.05) is 5.59 Å². The van der Waals surface area contributed by atoms with E-state index in [0.29, 0.717) is 12.1 Å². The molecular formula is C8H10N4O2. The molecule has 0 atom stereocenters. The number of nitrogens with one attached hydrogen (secondary N) is 2. The van der Waals surface area contributed by atoms with Crippen LogP contribution in [0.3, 0.4) is 0 Å². The second-order valence-electron chi connectivity index (χ2n) is 2.52. The first-order chi connectivity index (χ1) is 6.77. The summed E-state index contributed by atoms with van der Waals surface area (Å²) in [6.45, 7) is 0.310. The van der Waals surface area contributed by atoms with E-state index in [1.165, 1.54) is 0 Å². The second kappa shape index (κ2) is 5.05. The zero-order valence-electron chi connectivity index (χ0n) is 7.36. The zero-order valence-corrected chi connectivity index (χ0v) is 7.36. The van der Waals surface area contributed by atoms with Crippen LogP contribution in [0.2, 0.25) is 0 Å². The maximum Gasteiger partial charge on any atom is 0.357 e. The van der Waals surface area contributed by atoms with Crippen LogP contribution in [-0.4, -0.2) is 5.97 Å². The lowest BCUT2D eigenvalue weighted by atomic mass is 10.1. The molecule has 0 aromatic heterocycles. The summed E-state index contributed by atoms with van der Waals surface area (Å²) in [6.07, 6.45) is 0. The molecule has 1 aromatic rings. The van der Waals surface area contributed by atoms with Crippen molar-refractivity contribution >= 4 is 5.97 Å². The summed E-state index contributed by atoms with van der Waals surface area (Å²) >= 11 is 0. The molecule has 0 saturated carbocycles. The number of rotatable bonds is 4. The van der Waals surface area contributed by atoms with Crippen molar-refractivity contribution in [2.75, 3.05) is 0 Å². The van der Waals surface area contributed by atoms with Crippen LogP contribution in [0, 0.1) is 5.53 Å². The predicted octanol–water partition coefficient (Wildman–Crippen LogP) is 0.753. The third kappa shape index (κ3) is 2.61. The van der Waals surface area contributed by atoms with Crippen molar-refractivity contribution < 1.29 is 9.63 Å². The molecule has 0 heterocycles. The van der Waals surface area contributed by atoms with Crippen molar-refractivity contribution in [2.45, 2.75) is 6.54 Å². The van der Waals surface area contributed by atoms with Crippen molar-refractivity contribution in [3.63, 3.8) is 0 Å². The van der Waals surface area contributed by atoms with Crippen LogP contribution in [0.5, 0.6) is 0 Å². The Morgan fingerprint density at radius 1 is 1.50 bits per heavy atom. The molecule has 0 aliphatic rings. The van der Waals surface area contributed by atoms with Gasteiger partial charge in [-0.1, -0.05) is 17.7 Å². The Hall–Kier alpha value is -1.79. The molecule has 4 N–H and O–H groups in total. The number of nitrogens with zero attached hydrogens (tertiary/aromatic N) is 1. The average molecular weight is 194 g/mol. The predicted molar refractivity (Wildman–Crippen MR) is 48.0 cm³/mol. The molecule has 0 bridgehead atoms. The minimum atomic E-state index is -0.554. The minimum absolute atomic E-state index is 0.310. The zero-order chi connectivity index (χ0) is 10.4. The Kier molecular flexibility index (Phi) is 3.71. The van der Waals surface area contributed by atoms with E-state index in [0.717, 1.165) is 5.56 Å². The fourth-order valence-electron chi connectivity index (χ4n) is 0.950. The number of hydrogen-bond acceptors (Lipinski definition) is 6. The smallest absolute Gasteiger partial charge is 0.351 e. The van der Waals surface area contributed by atoms with E-state index in [4.69, 9.17) is 11.4 Å². The van der Waals surface area contributed by atoms with Crippen molar-refractivity contribution in [2.24, 2.45) is 11.0 Å². The molecule has 0 spiro atoms. The van der Waals surface area contributed by atoms with Gasteiger partial charge in [0.05, 0.1) is 12.1 Å². The Bertz CT molecular complexity index is 323. The molecule has 1 aromatic carbocycles. The second-order valence-corrected chi connectivity index (χ2v) is 2.52. The normalized spacial score (nSPS) is 9.50. The number of carbonyl (C=O) groups excluding carboxylic acids is 1. The lowest BCUT2D eigenvalue weighted by Crippen LogP contribution is -2.26. The number of carbonyl (C=O) groups is 1. The highest BCUT2D eigenvalue weighted by molar-refractivity contribution is 5.89. The highest BCUT2D eigenvalue weighted by Crippen LogP contribution is 2.06. The monoisotopic (exact) mass is 194 g/mol. The number of hydrazine groups is 1. The summed E-state index contributed by atoms with van der Waals surface area (Å²) in [5, 5.41) is 3.22. The summed E-state index contributed by atoms with van der Waals surface area (Å²) < 4.78 is 0. The molecule has 14 heavy (non-hydrogen) atoms. The summed E-state index contributed by atoms with van der Waals surface area (Å²) in [7, 11) is 0. The van der Waals surface area contributed by atoms with E-state index >= 15 is 0 Å². The SMILES string of the molecule is N=NCc1ccc(C(=O)ONN)cc1. The van der Waals surface area contributed by atoms with Gasteiger partial charge in [0.2, 0.25) is 0 Å². The van der Waals surface area contributed by atoms with Gasteiger partial charge in [-0.2, -0.15) is 5.11 Å².